The van der Waals surface area contributed by atoms with Gasteiger partial charge in [-0.05, 0) is 17.9 Å². The van der Waals surface area contributed by atoms with Crippen molar-refractivity contribution in [2.75, 3.05) is 19.7 Å². The summed E-state index contributed by atoms with van der Waals surface area (Å²) in [6.07, 6.45) is -3.37. The molecular formula is C13H13F3N2O3. The van der Waals surface area contributed by atoms with E-state index in [1.165, 1.54) is 11.1 Å². The Morgan fingerprint density at radius 2 is 2.05 bits per heavy atom. The second-order valence-electron chi connectivity index (χ2n) is 5.40. The molecule has 0 bridgehead atoms. The van der Waals surface area contributed by atoms with Crippen LogP contribution in [0.3, 0.4) is 0 Å². The molecule has 114 valence electrons. The summed E-state index contributed by atoms with van der Waals surface area (Å²) in [4.78, 5) is 15.6. The number of pyridine rings is 1. The van der Waals surface area contributed by atoms with Crippen LogP contribution in [-0.2, 0) is 6.18 Å². The fraction of sp³-hybridized carbons (Fsp3) is 0.538. The zero-order valence-electron chi connectivity index (χ0n) is 10.9. The predicted molar refractivity (Wildman–Crippen MR) is 64.8 cm³/mol. The van der Waals surface area contributed by atoms with Crippen molar-refractivity contribution in [3.63, 3.8) is 0 Å². The molecule has 1 saturated heterocycles. The highest BCUT2D eigenvalue weighted by Crippen LogP contribution is 2.51. The molecular weight excluding hydrogens is 289 g/mol. The van der Waals surface area contributed by atoms with Gasteiger partial charge in [0, 0.05) is 25.2 Å². The van der Waals surface area contributed by atoms with E-state index < -0.39 is 17.8 Å². The van der Waals surface area contributed by atoms with Gasteiger partial charge in [-0.25, -0.2) is 4.79 Å². The summed E-state index contributed by atoms with van der Waals surface area (Å²) in [5.74, 6) is 0.833. The number of ether oxygens (including phenoxy) is 1. The van der Waals surface area contributed by atoms with E-state index in [0.29, 0.717) is 19.7 Å². The standard InChI is InChI=1S/C13H13F3N2O3/c14-13(15,16)7-1-8(3-17-2-7)21-6-11-9-4-18(12(19)20)5-10(9)11/h1-3,9-11H,4-6H2,(H,19,20)/t9-,10+,11+. The van der Waals surface area contributed by atoms with Crippen LogP contribution in [0.25, 0.3) is 0 Å². The van der Waals surface area contributed by atoms with Gasteiger partial charge in [-0.2, -0.15) is 13.2 Å². The Morgan fingerprint density at radius 3 is 2.62 bits per heavy atom. The van der Waals surface area contributed by atoms with E-state index in [-0.39, 0.29) is 23.5 Å². The molecule has 1 amide bonds. The van der Waals surface area contributed by atoms with Crippen LogP contribution in [0.4, 0.5) is 18.0 Å². The van der Waals surface area contributed by atoms with E-state index in [1.807, 2.05) is 0 Å². The third-order valence-corrected chi connectivity index (χ3v) is 4.12. The van der Waals surface area contributed by atoms with Crippen LogP contribution >= 0.6 is 0 Å². The zero-order chi connectivity index (χ0) is 15.2. The SMILES string of the molecule is O=C(O)N1C[C@@H]2[C@@H](COc3cncc(C(F)(F)F)c3)[C@@H]2C1. The highest BCUT2D eigenvalue weighted by atomic mass is 19.4. The van der Waals surface area contributed by atoms with Gasteiger partial charge in [0.25, 0.3) is 0 Å². The van der Waals surface area contributed by atoms with Crippen molar-refractivity contribution in [2.24, 2.45) is 17.8 Å². The first kappa shape index (κ1) is 14.0. The van der Waals surface area contributed by atoms with Crippen molar-refractivity contribution in [1.82, 2.24) is 9.88 Å². The summed E-state index contributed by atoms with van der Waals surface area (Å²) in [5.41, 5.74) is -0.840. The van der Waals surface area contributed by atoms with Gasteiger partial charge in [-0.15, -0.1) is 0 Å². The Kier molecular flexibility index (Phi) is 3.18. The van der Waals surface area contributed by atoms with E-state index >= 15 is 0 Å². The maximum Gasteiger partial charge on any atom is 0.418 e. The fourth-order valence-electron chi connectivity index (χ4n) is 2.90. The van der Waals surface area contributed by atoms with Gasteiger partial charge in [0.1, 0.15) is 5.75 Å². The number of rotatable bonds is 3. The van der Waals surface area contributed by atoms with Gasteiger partial charge < -0.3 is 14.7 Å². The fourth-order valence-corrected chi connectivity index (χ4v) is 2.90. The second-order valence-corrected chi connectivity index (χ2v) is 5.40. The lowest BCUT2D eigenvalue weighted by molar-refractivity contribution is -0.137. The summed E-state index contributed by atoms with van der Waals surface area (Å²) < 4.78 is 43.0. The third kappa shape index (κ3) is 2.74. The molecule has 1 aliphatic heterocycles. The minimum absolute atomic E-state index is 0.0879. The minimum Gasteiger partial charge on any atom is -0.492 e. The number of amides is 1. The molecule has 1 aromatic rings. The van der Waals surface area contributed by atoms with E-state index in [4.69, 9.17) is 9.84 Å². The summed E-state index contributed by atoms with van der Waals surface area (Å²) >= 11 is 0. The van der Waals surface area contributed by atoms with Crippen LogP contribution in [0.15, 0.2) is 18.5 Å². The van der Waals surface area contributed by atoms with Crippen LogP contribution in [0.2, 0.25) is 0 Å². The first-order chi connectivity index (χ1) is 9.86. The first-order valence-corrected chi connectivity index (χ1v) is 6.49. The van der Waals surface area contributed by atoms with Crippen molar-refractivity contribution in [3.8, 4) is 5.75 Å². The summed E-state index contributed by atoms with van der Waals surface area (Å²) in [6, 6.07) is 0.925. The van der Waals surface area contributed by atoms with Gasteiger partial charge in [0.05, 0.1) is 18.4 Å². The molecule has 0 spiro atoms. The Labute approximate surface area is 118 Å². The normalized spacial score (nSPS) is 27.4. The largest absolute Gasteiger partial charge is 0.492 e. The molecule has 1 N–H and O–H groups in total. The molecule has 2 aliphatic rings. The molecule has 1 saturated carbocycles. The Bertz CT molecular complexity index is 552. The first-order valence-electron chi connectivity index (χ1n) is 6.49. The number of aromatic nitrogens is 1. The maximum atomic E-state index is 12.5. The maximum absolute atomic E-state index is 12.5. The molecule has 2 fully saturated rings. The topological polar surface area (TPSA) is 62.7 Å². The number of nitrogens with zero attached hydrogens (tertiary/aromatic N) is 2. The average Bonchev–Trinajstić information content (AvgIpc) is 2.86. The lowest BCUT2D eigenvalue weighted by Crippen LogP contribution is -2.30. The van der Waals surface area contributed by atoms with Crippen LogP contribution in [0, 0.1) is 17.8 Å². The molecule has 0 unspecified atom stereocenters. The van der Waals surface area contributed by atoms with Crippen LogP contribution in [-0.4, -0.2) is 40.8 Å². The third-order valence-electron chi connectivity index (χ3n) is 4.12. The van der Waals surface area contributed by atoms with Gasteiger partial charge in [0.15, 0.2) is 0 Å². The predicted octanol–water partition coefficient (Wildman–Crippen LogP) is 2.34. The van der Waals surface area contributed by atoms with Gasteiger partial charge in [-0.3, -0.25) is 4.98 Å². The van der Waals surface area contributed by atoms with Crippen molar-refractivity contribution in [3.05, 3.63) is 24.0 Å². The smallest absolute Gasteiger partial charge is 0.418 e. The lowest BCUT2D eigenvalue weighted by Gasteiger charge is -2.16. The molecule has 5 nitrogen and oxygen atoms in total. The number of carbonyl (C=O) groups is 1. The van der Waals surface area contributed by atoms with Crippen molar-refractivity contribution in [1.29, 1.82) is 0 Å². The average molecular weight is 302 g/mol. The number of alkyl halides is 3. The zero-order valence-corrected chi connectivity index (χ0v) is 10.9. The summed E-state index contributed by atoms with van der Waals surface area (Å²) in [7, 11) is 0. The number of likely N-dealkylation sites (tertiary alicyclic amines) is 1. The molecule has 3 rings (SSSR count). The molecule has 0 radical (unpaired) electrons. The number of hydrogen-bond donors (Lipinski definition) is 1. The molecule has 2 heterocycles. The van der Waals surface area contributed by atoms with Crippen molar-refractivity contribution < 1.29 is 27.8 Å². The van der Waals surface area contributed by atoms with Crippen molar-refractivity contribution >= 4 is 6.09 Å². The molecule has 1 aliphatic carbocycles. The number of fused-ring (bicyclic) bond motifs is 1. The Morgan fingerprint density at radius 1 is 1.38 bits per heavy atom. The van der Waals surface area contributed by atoms with E-state index in [1.54, 1.807) is 0 Å². The Hall–Kier alpha value is -1.99. The van der Waals surface area contributed by atoms with E-state index in [0.717, 1.165) is 12.3 Å². The van der Waals surface area contributed by atoms with Crippen molar-refractivity contribution in [2.45, 2.75) is 6.18 Å². The van der Waals surface area contributed by atoms with Crippen LogP contribution in [0.5, 0.6) is 5.75 Å². The van der Waals surface area contributed by atoms with E-state index in [9.17, 15) is 18.0 Å². The molecule has 1 aromatic heterocycles. The highest BCUT2D eigenvalue weighted by molar-refractivity contribution is 5.65. The molecule has 21 heavy (non-hydrogen) atoms. The molecule has 8 heteroatoms. The van der Waals surface area contributed by atoms with Crippen LogP contribution in [0.1, 0.15) is 5.56 Å². The molecule has 3 atom stereocenters. The number of hydrogen-bond acceptors (Lipinski definition) is 3. The Balaban J connectivity index is 1.53. The van der Waals surface area contributed by atoms with Gasteiger partial charge >= 0.3 is 12.3 Å². The second kappa shape index (κ2) is 4.78. The monoisotopic (exact) mass is 302 g/mol. The van der Waals surface area contributed by atoms with E-state index in [2.05, 4.69) is 4.98 Å². The minimum atomic E-state index is -4.44. The lowest BCUT2D eigenvalue weighted by atomic mass is 10.2. The van der Waals surface area contributed by atoms with Gasteiger partial charge in [-0.1, -0.05) is 0 Å². The summed E-state index contributed by atoms with van der Waals surface area (Å²) in [5, 5.41) is 8.83. The highest BCUT2D eigenvalue weighted by Gasteiger charge is 2.57. The quantitative estimate of drug-likeness (QED) is 0.931. The summed E-state index contributed by atoms with van der Waals surface area (Å²) in [6.45, 7) is 1.26. The van der Waals surface area contributed by atoms with Crippen LogP contribution < -0.4 is 4.74 Å². The molecule has 0 aromatic carbocycles. The number of carboxylic acid groups (broad SMARTS) is 1. The number of halogens is 3. The van der Waals surface area contributed by atoms with Gasteiger partial charge in [0.2, 0.25) is 0 Å². The number of piperidine rings is 1.